The Morgan fingerprint density at radius 1 is 0.442 bits per heavy atom. The molecule has 2 amide bonds. The van der Waals surface area contributed by atoms with Gasteiger partial charge in [-0.3, -0.25) is 14.4 Å². The van der Waals surface area contributed by atoms with Gasteiger partial charge in [0.15, 0.2) is 5.78 Å². The van der Waals surface area contributed by atoms with Gasteiger partial charge in [0.05, 0.1) is 42.7 Å². The largest absolute Gasteiger partial charge is 0.462 e. The molecule has 5 aromatic heterocycles. The number of esters is 2. The predicted octanol–water partition coefficient (Wildman–Crippen LogP) is 10.5. The minimum atomic E-state index is -0.557. The number of nitrogens with zero attached hydrogens (tertiary/aromatic N) is 8. The molecule has 3 aliphatic heterocycles. The number of rotatable bonds is 19. The number of hydrogen-bond acceptors (Lipinski definition) is 15. The number of ketones is 1. The van der Waals surface area contributed by atoms with Crippen LogP contribution in [-0.4, -0.2) is 143 Å². The van der Waals surface area contributed by atoms with Gasteiger partial charge in [0, 0.05) is 121 Å². The van der Waals surface area contributed by atoms with Crippen molar-refractivity contribution in [3.63, 3.8) is 0 Å². The summed E-state index contributed by atoms with van der Waals surface area (Å²) in [5.41, 5.74) is 8.49. The van der Waals surface area contributed by atoms with Gasteiger partial charge in [-0.05, 0) is 117 Å². The van der Waals surface area contributed by atoms with Crippen LogP contribution >= 0.6 is 0 Å². The van der Waals surface area contributed by atoms with Crippen molar-refractivity contribution >= 4 is 51.3 Å². The molecule has 0 aliphatic carbocycles. The maximum atomic E-state index is 13.1. The van der Waals surface area contributed by atoms with Crippen molar-refractivity contribution in [3.05, 3.63) is 251 Å². The molecule has 8 heterocycles. The summed E-state index contributed by atoms with van der Waals surface area (Å²) in [7, 11) is 0. The van der Waals surface area contributed by atoms with E-state index in [1.54, 1.807) is 26.2 Å². The third-order valence-corrected chi connectivity index (χ3v) is 18.8. The fraction of sp³-hybridized carbons (Fsp3) is 0.329. The van der Waals surface area contributed by atoms with Crippen molar-refractivity contribution < 1.29 is 38.6 Å². The Morgan fingerprint density at radius 2 is 0.768 bits per heavy atom. The van der Waals surface area contributed by atoms with Crippen molar-refractivity contribution in [2.75, 3.05) is 59.1 Å². The minimum Gasteiger partial charge on any atom is -0.462 e. The quantitative estimate of drug-likeness (QED) is 0.0434. The van der Waals surface area contributed by atoms with E-state index in [4.69, 9.17) is 14.6 Å². The Balaban J connectivity index is 0.000000148. The standard InChI is InChI=1S/C29H30N4O3.C28H28N4O3.C19H23N3O2/c1-2-36-28(35)22-19-30-26(31-20-22)18-29(23-9-4-3-5-10-23)12-14-33(15-13-29)27(34)17-24-16-21-8-6-7-11-25(21)32-24;33-19-25(34)21-17-29-26(30-18-21)16-28(22-7-2-1-3-8-22)10-12-32(13-11-28)27(35)15-23-14-20-6-4-5-9-24(20)31-23;1-2-24-18(23)15-13-21-17(22-14-15)12-19(8-10-20-11-9-19)16-6-4-3-5-7-16/h3-11,16,19-20,32H,2,12-15,17-18H2,1H3;1-9,14,17-18,31,33H,10-13,15-16,19H2;3-7,13-14,20H,2,8-12H2,1H3. The van der Waals surface area contributed by atoms with Crippen molar-refractivity contribution in [1.82, 2.24) is 55.0 Å². The normalized spacial score (nSPS) is 15.5. The number of ether oxygens (including phenoxy) is 2. The number of para-hydroxylation sites is 2. The molecule has 0 unspecified atom stereocenters. The second-order valence-corrected chi connectivity index (χ2v) is 24.8. The summed E-state index contributed by atoms with van der Waals surface area (Å²) in [6.45, 7) is 8.33. The van der Waals surface area contributed by atoms with Gasteiger partial charge >= 0.3 is 11.9 Å². The number of piperidine rings is 3. The first-order chi connectivity index (χ1) is 46.4. The molecule has 0 radical (unpaired) electrons. The molecule has 19 heteroatoms. The van der Waals surface area contributed by atoms with Gasteiger partial charge in [-0.25, -0.2) is 39.5 Å². The molecule has 95 heavy (non-hydrogen) atoms. The van der Waals surface area contributed by atoms with Crippen molar-refractivity contribution in [2.45, 2.75) is 101 Å². The third-order valence-electron chi connectivity index (χ3n) is 18.8. The van der Waals surface area contributed by atoms with E-state index in [0.717, 1.165) is 97.1 Å². The Bertz CT molecular complexity index is 4100. The lowest BCUT2D eigenvalue weighted by Crippen LogP contribution is -2.47. The molecule has 19 nitrogen and oxygen atoms in total. The van der Waals surface area contributed by atoms with Crippen LogP contribution in [0.5, 0.6) is 0 Å². The van der Waals surface area contributed by atoms with Crippen molar-refractivity contribution in [2.24, 2.45) is 0 Å². The highest BCUT2D eigenvalue weighted by Crippen LogP contribution is 2.41. The number of carbonyl (C=O) groups is 5. The predicted molar refractivity (Wildman–Crippen MR) is 363 cm³/mol. The number of aliphatic hydroxyl groups excluding tert-OH is 1. The molecule has 10 aromatic rings. The average Bonchev–Trinajstić information content (AvgIpc) is 1.63. The van der Waals surface area contributed by atoms with E-state index in [1.165, 1.54) is 41.5 Å². The zero-order chi connectivity index (χ0) is 66.0. The number of fused-ring (bicyclic) bond motifs is 2. The molecule has 13 rings (SSSR count). The molecule has 0 atom stereocenters. The fourth-order valence-corrected chi connectivity index (χ4v) is 13.5. The van der Waals surface area contributed by atoms with E-state index in [-0.39, 0.29) is 34.0 Å². The first kappa shape index (κ1) is 66.3. The van der Waals surface area contributed by atoms with E-state index in [2.05, 4.69) is 118 Å². The zero-order valence-corrected chi connectivity index (χ0v) is 53.9. The second-order valence-electron chi connectivity index (χ2n) is 24.8. The van der Waals surface area contributed by atoms with Crippen molar-refractivity contribution in [1.29, 1.82) is 0 Å². The van der Waals surface area contributed by atoms with Crippen LogP contribution in [0.3, 0.4) is 0 Å². The number of nitrogens with one attached hydrogen (secondary N) is 3. The molecule has 4 N–H and O–H groups in total. The number of amides is 2. The highest BCUT2D eigenvalue weighted by Gasteiger charge is 2.41. The molecular formula is C76H81N11O8. The first-order valence-corrected chi connectivity index (χ1v) is 32.8. The molecule has 0 bridgehead atoms. The van der Waals surface area contributed by atoms with Gasteiger partial charge in [0.1, 0.15) is 24.1 Å². The van der Waals surface area contributed by atoms with Crippen LogP contribution in [0, 0.1) is 0 Å². The smallest absolute Gasteiger partial charge is 0.341 e. The summed E-state index contributed by atoms with van der Waals surface area (Å²) in [6, 6.07) is 51.6. The number of H-pyrrole nitrogens is 2. The highest BCUT2D eigenvalue weighted by atomic mass is 16.5. The van der Waals surface area contributed by atoms with Crippen LogP contribution in [0.15, 0.2) is 189 Å². The van der Waals surface area contributed by atoms with E-state index < -0.39 is 18.4 Å². The molecule has 488 valence electrons. The maximum absolute atomic E-state index is 13.1. The molecule has 0 spiro atoms. The molecule has 3 aliphatic rings. The molecule has 0 saturated carbocycles. The lowest BCUT2D eigenvalue weighted by molar-refractivity contribution is -0.133. The summed E-state index contributed by atoms with van der Waals surface area (Å²) in [5.74, 6) is 1.20. The average molecular weight is 1280 g/mol. The van der Waals surface area contributed by atoms with Crippen molar-refractivity contribution in [3.8, 4) is 0 Å². The number of aliphatic hydroxyl groups is 1. The number of aromatic nitrogens is 8. The number of likely N-dealkylation sites (tertiary alicyclic amines) is 2. The maximum Gasteiger partial charge on any atom is 0.341 e. The minimum absolute atomic E-state index is 0.0535. The van der Waals surface area contributed by atoms with Crippen LogP contribution in [0.25, 0.3) is 21.8 Å². The van der Waals surface area contributed by atoms with Crippen LogP contribution in [-0.2, 0) is 67.4 Å². The number of carbonyl (C=O) groups excluding carboxylic acids is 5. The monoisotopic (exact) mass is 1280 g/mol. The third kappa shape index (κ3) is 16.5. The van der Waals surface area contributed by atoms with Crippen LogP contribution in [0.2, 0.25) is 0 Å². The Labute approximate surface area is 553 Å². The van der Waals surface area contributed by atoms with Crippen LogP contribution < -0.4 is 5.32 Å². The molecule has 5 aromatic carbocycles. The van der Waals surface area contributed by atoms with E-state index in [0.29, 0.717) is 93.4 Å². The number of aromatic amines is 2. The van der Waals surface area contributed by atoms with E-state index in [1.807, 2.05) is 88.7 Å². The SMILES string of the molecule is CCOC(=O)c1cnc(CC2(c3ccccc3)CCN(C(=O)Cc3cc4ccccc4[nH]3)CC2)nc1.CCOC(=O)c1cnc(CC2(c3ccccc3)CCNCC2)nc1.O=C(CO)c1cnc(CC2(c3ccccc3)CCN(C(=O)Cc3cc4ccccc4[nH]3)CC2)nc1. The van der Waals surface area contributed by atoms with E-state index >= 15 is 0 Å². The van der Waals surface area contributed by atoms with Gasteiger partial charge in [-0.2, -0.15) is 0 Å². The fourth-order valence-electron chi connectivity index (χ4n) is 13.5. The first-order valence-electron chi connectivity index (χ1n) is 32.8. The zero-order valence-electron chi connectivity index (χ0n) is 53.9. The number of Topliss-reactive ketones (excluding diaryl/α,β-unsaturated/α-hetero) is 1. The van der Waals surface area contributed by atoms with Gasteiger partial charge in [0.2, 0.25) is 11.8 Å². The number of hydrogen-bond donors (Lipinski definition) is 4. The van der Waals surface area contributed by atoms with Gasteiger partial charge in [0.25, 0.3) is 0 Å². The summed E-state index contributed by atoms with van der Waals surface area (Å²) in [6.07, 6.45) is 17.3. The summed E-state index contributed by atoms with van der Waals surface area (Å²) in [4.78, 5) is 98.9. The van der Waals surface area contributed by atoms with Gasteiger partial charge in [-0.15, -0.1) is 0 Å². The highest BCUT2D eigenvalue weighted by molar-refractivity contribution is 5.96. The number of benzene rings is 5. The topological polar surface area (TPSA) is 251 Å². The summed E-state index contributed by atoms with van der Waals surface area (Å²) in [5, 5.41) is 14.7. The van der Waals surface area contributed by atoms with Gasteiger partial charge < -0.3 is 39.7 Å². The summed E-state index contributed by atoms with van der Waals surface area (Å²) >= 11 is 0. The lowest BCUT2D eigenvalue weighted by Gasteiger charge is -2.42. The Hall–Kier alpha value is -10.1. The van der Waals surface area contributed by atoms with Crippen LogP contribution in [0.4, 0.5) is 0 Å². The van der Waals surface area contributed by atoms with Crippen LogP contribution in [0.1, 0.15) is 129 Å². The van der Waals surface area contributed by atoms with E-state index in [9.17, 15) is 24.0 Å². The lowest BCUT2D eigenvalue weighted by atomic mass is 9.70. The Kier molecular flexibility index (Phi) is 21.8. The summed E-state index contributed by atoms with van der Waals surface area (Å²) < 4.78 is 10.0. The Morgan fingerprint density at radius 3 is 1.11 bits per heavy atom. The molecule has 3 saturated heterocycles. The second kappa shape index (κ2) is 31.2. The van der Waals surface area contributed by atoms with Gasteiger partial charge in [-0.1, -0.05) is 127 Å². The molecule has 3 fully saturated rings. The molecular weight excluding hydrogens is 1190 g/mol.